The van der Waals surface area contributed by atoms with Crippen molar-refractivity contribution in [3.8, 4) is 0 Å². The minimum atomic E-state index is -0.0713. The zero-order chi connectivity index (χ0) is 25.1. The first-order valence-corrected chi connectivity index (χ1v) is 13.4. The summed E-state index contributed by atoms with van der Waals surface area (Å²) >= 11 is 5.83. The first kappa shape index (κ1) is 24.5. The second-order valence-electron chi connectivity index (χ2n) is 10.1. The maximum atomic E-state index is 13.0. The zero-order valence-corrected chi connectivity index (χ0v) is 21.9. The molecule has 2 aliphatic rings. The zero-order valence-electron chi connectivity index (χ0n) is 21.1. The lowest BCUT2D eigenvalue weighted by Crippen LogP contribution is -2.34. The molecule has 1 saturated heterocycles. The lowest BCUT2D eigenvalue weighted by Gasteiger charge is -2.32. The van der Waals surface area contributed by atoms with Crippen molar-refractivity contribution in [2.75, 3.05) is 11.9 Å². The Hall–Kier alpha value is -3.19. The lowest BCUT2D eigenvalue weighted by molar-refractivity contribution is -0.116. The van der Waals surface area contributed by atoms with Gasteiger partial charge in [0.1, 0.15) is 0 Å². The molecule has 2 atom stereocenters. The number of thiocarbonyl (C=S) groups is 1. The summed E-state index contributed by atoms with van der Waals surface area (Å²) in [5.41, 5.74) is 5.26. The fourth-order valence-electron chi connectivity index (χ4n) is 5.62. The van der Waals surface area contributed by atoms with Gasteiger partial charge in [0.2, 0.25) is 5.91 Å². The van der Waals surface area contributed by atoms with E-state index in [1.54, 1.807) is 0 Å². The van der Waals surface area contributed by atoms with Gasteiger partial charge in [-0.15, -0.1) is 0 Å². The highest BCUT2D eigenvalue weighted by atomic mass is 32.1. The van der Waals surface area contributed by atoms with E-state index in [2.05, 4.69) is 55.5 Å². The van der Waals surface area contributed by atoms with Gasteiger partial charge in [-0.2, -0.15) is 0 Å². The second-order valence-corrected chi connectivity index (χ2v) is 10.5. The van der Waals surface area contributed by atoms with Gasteiger partial charge in [0.25, 0.3) is 0 Å². The van der Waals surface area contributed by atoms with Crippen LogP contribution in [0, 0.1) is 13.8 Å². The summed E-state index contributed by atoms with van der Waals surface area (Å²) in [6.07, 6.45) is 10.7. The van der Waals surface area contributed by atoms with E-state index in [4.69, 9.17) is 12.2 Å². The number of benzene rings is 1. The van der Waals surface area contributed by atoms with Gasteiger partial charge in [0.05, 0.1) is 17.8 Å². The molecule has 7 heteroatoms. The molecule has 1 amide bonds. The van der Waals surface area contributed by atoms with Crippen molar-refractivity contribution >= 4 is 28.9 Å². The molecule has 1 saturated carbocycles. The molecule has 3 aromatic rings. The normalized spacial score (nSPS) is 20.4. The van der Waals surface area contributed by atoms with E-state index >= 15 is 0 Å². The van der Waals surface area contributed by atoms with Crippen LogP contribution in [0.25, 0.3) is 0 Å². The average molecular weight is 502 g/mol. The van der Waals surface area contributed by atoms with Gasteiger partial charge in [-0.1, -0.05) is 37.5 Å². The number of nitrogens with zero attached hydrogens (tertiary/aromatic N) is 3. The van der Waals surface area contributed by atoms with Crippen LogP contribution in [0.15, 0.2) is 60.9 Å². The highest BCUT2D eigenvalue weighted by Crippen LogP contribution is 2.41. The van der Waals surface area contributed by atoms with Gasteiger partial charge in [0, 0.05) is 42.8 Å². The number of hydrogen-bond donors (Lipinski definition) is 2. The smallest absolute Gasteiger partial charge is 0.226 e. The number of carbonyl (C=O) groups is 1. The van der Waals surface area contributed by atoms with Crippen LogP contribution in [0.4, 0.5) is 5.69 Å². The molecule has 6 nitrogen and oxygen atoms in total. The molecular formula is C29H35N5OS. The summed E-state index contributed by atoms with van der Waals surface area (Å²) in [5, 5.41) is 7.30. The van der Waals surface area contributed by atoms with Gasteiger partial charge >= 0.3 is 0 Å². The fourth-order valence-corrected chi connectivity index (χ4v) is 5.95. The molecular weight excluding hydrogens is 466 g/mol. The number of aromatic nitrogens is 2. The Labute approximate surface area is 219 Å². The summed E-state index contributed by atoms with van der Waals surface area (Å²) < 4.78 is 2.46. The Bertz CT molecular complexity index is 1220. The van der Waals surface area contributed by atoms with Gasteiger partial charge < -0.3 is 20.1 Å². The number of nitrogens with one attached hydrogen (secondary N) is 2. The Morgan fingerprint density at radius 1 is 1.11 bits per heavy atom. The predicted octanol–water partition coefficient (Wildman–Crippen LogP) is 6.01. The van der Waals surface area contributed by atoms with Gasteiger partial charge in [-0.05, 0) is 80.4 Å². The number of amides is 1. The Morgan fingerprint density at radius 3 is 2.72 bits per heavy atom. The molecule has 0 bridgehead atoms. The standard InChI is InChI=1S/C29H35N5OS/c1-20-13-14-21(2)24(19-20)31-26(35)15-18-34-28(27(32-29(34)36)23-11-6-7-16-30-23)25-12-8-17-33(25)22-9-4-3-5-10-22/h6-8,11-14,16-17,19,22,27-28H,3-5,9-10,15,18H2,1-2H3,(H,31,35)(H,32,36)/t27-,28-/m0/s1. The molecule has 0 unspecified atom stereocenters. The largest absolute Gasteiger partial charge is 0.352 e. The lowest BCUT2D eigenvalue weighted by atomic mass is 9.94. The number of anilines is 1. The van der Waals surface area contributed by atoms with Crippen LogP contribution < -0.4 is 10.6 Å². The van der Waals surface area contributed by atoms with Gasteiger partial charge in [-0.25, -0.2) is 0 Å². The molecule has 1 aliphatic carbocycles. The molecule has 2 aromatic heterocycles. The Balaban J connectivity index is 1.40. The number of hydrogen-bond acceptors (Lipinski definition) is 3. The quantitative estimate of drug-likeness (QED) is 0.389. The highest BCUT2D eigenvalue weighted by molar-refractivity contribution is 7.80. The molecule has 36 heavy (non-hydrogen) atoms. The Morgan fingerprint density at radius 2 is 1.94 bits per heavy atom. The van der Waals surface area contributed by atoms with Crippen LogP contribution in [0.3, 0.4) is 0 Å². The van der Waals surface area contributed by atoms with Crippen LogP contribution in [-0.4, -0.2) is 32.0 Å². The molecule has 2 N–H and O–H groups in total. The van der Waals surface area contributed by atoms with Crippen molar-refractivity contribution in [3.63, 3.8) is 0 Å². The minimum absolute atomic E-state index is 0.00537. The number of rotatable bonds is 7. The molecule has 0 spiro atoms. The summed E-state index contributed by atoms with van der Waals surface area (Å²) in [5.74, 6) is -0.00537. The first-order chi connectivity index (χ1) is 17.5. The van der Waals surface area contributed by atoms with E-state index in [-0.39, 0.29) is 18.0 Å². The first-order valence-electron chi connectivity index (χ1n) is 13.0. The fraction of sp³-hybridized carbons (Fsp3) is 0.414. The third kappa shape index (κ3) is 5.16. The molecule has 5 rings (SSSR count). The molecule has 2 fully saturated rings. The molecule has 1 aromatic carbocycles. The maximum absolute atomic E-state index is 13.0. The van der Waals surface area contributed by atoms with Crippen LogP contribution in [-0.2, 0) is 4.79 Å². The average Bonchev–Trinajstić information content (AvgIpc) is 3.50. The number of carbonyl (C=O) groups excluding carboxylic acids is 1. The monoisotopic (exact) mass is 501 g/mol. The summed E-state index contributed by atoms with van der Waals surface area (Å²) in [6.45, 7) is 4.58. The number of aryl methyl sites for hydroxylation is 2. The van der Waals surface area contributed by atoms with Crippen molar-refractivity contribution in [1.29, 1.82) is 0 Å². The highest BCUT2D eigenvalue weighted by Gasteiger charge is 2.41. The molecule has 0 radical (unpaired) electrons. The van der Waals surface area contributed by atoms with Crippen molar-refractivity contribution in [3.05, 3.63) is 83.4 Å². The van der Waals surface area contributed by atoms with E-state index in [1.165, 1.54) is 37.8 Å². The second kappa shape index (κ2) is 10.8. The van der Waals surface area contributed by atoms with Crippen molar-refractivity contribution in [2.45, 2.75) is 70.5 Å². The van der Waals surface area contributed by atoms with Crippen LogP contribution in [0.2, 0.25) is 0 Å². The molecule has 188 valence electrons. The van der Waals surface area contributed by atoms with Crippen LogP contribution in [0.1, 0.15) is 79.2 Å². The molecule has 1 aliphatic heterocycles. The van der Waals surface area contributed by atoms with Crippen molar-refractivity contribution in [2.24, 2.45) is 0 Å². The summed E-state index contributed by atoms with van der Waals surface area (Å²) in [6, 6.07) is 16.9. The third-order valence-corrected chi connectivity index (χ3v) is 7.88. The van der Waals surface area contributed by atoms with E-state index in [0.29, 0.717) is 24.1 Å². The van der Waals surface area contributed by atoms with E-state index in [9.17, 15) is 4.79 Å². The Kier molecular flexibility index (Phi) is 7.37. The van der Waals surface area contributed by atoms with E-state index in [0.717, 1.165) is 22.5 Å². The number of pyridine rings is 1. The van der Waals surface area contributed by atoms with Gasteiger partial charge in [-0.3, -0.25) is 9.78 Å². The van der Waals surface area contributed by atoms with Crippen LogP contribution >= 0.6 is 12.2 Å². The summed E-state index contributed by atoms with van der Waals surface area (Å²) in [4.78, 5) is 19.8. The van der Waals surface area contributed by atoms with Gasteiger partial charge in [0.15, 0.2) is 5.11 Å². The maximum Gasteiger partial charge on any atom is 0.226 e. The topological polar surface area (TPSA) is 62.2 Å². The third-order valence-electron chi connectivity index (χ3n) is 7.53. The predicted molar refractivity (Wildman–Crippen MR) is 148 cm³/mol. The van der Waals surface area contributed by atoms with Crippen molar-refractivity contribution < 1.29 is 4.79 Å². The van der Waals surface area contributed by atoms with Crippen LogP contribution in [0.5, 0.6) is 0 Å². The van der Waals surface area contributed by atoms with E-state index < -0.39 is 0 Å². The minimum Gasteiger partial charge on any atom is -0.352 e. The molecule has 3 heterocycles. The van der Waals surface area contributed by atoms with Crippen molar-refractivity contribution in [1.82, 2.24) is 19.8 Å². The summed E-state index contributed by atoms with van der Waals surface area (Å²) in [7, 11) is 0. The SMILES string of the molecule is Cc1ccc(C)c(NC(=O)CCN2C(=S)N[C@@H](c3ccccn3)[C@@H]2c2cccn2C2CCCCC2)c1. The van der Waals surface area contributed by atoms with E-state index in [1.807, 2.05) is 44.3 Å².